The molecule has 0 aliphatic heterocycles. The summed E-state index contributed by atoms with van der Waals surface area (Å²) in [5.41, 5.74) is 6.60. The lowest BCUT2D eigenvalue weighted by Crippen LogP contribution is -2.44. The monoisotopic (exact) mass is 299 g/mol. The third-order valence-electron chi connectivity index (χ3n) is 3.79. The van der Waals surface area contributed by atoms with Crippen LogP contribution in [0.3, 0.4) is 0 Å². The van der Waals surface area contributed by atoms with E-state index < -0.39 is 15.5 Å². The van der Waals surface area contributed by atoms with Gasteiger partial charge in [-0.25, -0.2) is 0 Å². The van der Waals surface area contributed by atoms with Gasteiger partial charge in [-0.15, -0.1) is 0 Å². The summed E-state index contributed by atoms with van der Waals surface area (Å²) < 4.78 is 18.4. The van der Waals surface area contributed by atoms with Crippen LogP contribution in [-0.2, 0) is 4.57 Å². The highest BCUT2D eigenvalue weighted by Gasteiger charge is 2.39. The van der Waals surface area contributed by atoms with Crippen molar-refractivity contribution in [2.24, 2.45) is 0 Å². The van der Waals surface area contributed by atoms with Gasteiger partial charge >= 0.3 is 0 Å². The predicted molar refractivity (Wildman–Crippen MR) is 87.8 cm³/mol. The molecule has 5 heteroatoms. The predicted octanol–water partition coefficient (Wildman–Crippen LogP) is 3.90. The number of rotatable bonds is 3. The summed E-state index contributed by atoms with van der Waals surface area (Å²) in [6.45, 7) is 14.4. The van der Waals surface area contributed by atoms with E-state index in [-0.39, 0.29) is 5.04 Å². The van der Waals surface area contributed by atoms with E-state index in [1.165, 1.54) is 0 Å². The Morgan fingerprint density at radius 3 is 2.16 bits per heavy atom. The second kappa shape index (κ2) is 4.99. The minimum Gasteiger partial charge on any atom is -0.542 e. The van der Waals surface area contributed by atoms with E-state index in [9.17, 15) is 4.57 Å². The van der Waals surface area contributed by atoms with Crippen LogP contribution < -0.4 is 15.5 Å². The maximum atomic E-state index is 12.2. The van der Waals surface area contributed by atoms with E-state index in [1.807, 2.05) is 12.1 Å². The number of hydrogen-bond donors (Lipinski definition) is 1. The Hall–Kier alpha value is -0.733. The van der Waals surface area contributed by atoms with Crippen LogP contribution in [0, 0.1) is 0 Å². The molecule has 0 spiro atoms. The van der Waals surface area contributed by atoms with E-state index >= 15 is 0 Å². The average Bonchev–Trinajstić information content (AvgIpc) is 2.17. The molecule has 0 aliphatic rings. The summed E-state index contributed by atoms with van der Waals surface area (Å²) in [7, 11) is -4.22. The van der Waals surface area contributed by atoms with Crippen molar-refractivity contribution in [1.82, 2.24) is 0 Å². The Labute approximate surface area is 118 Å². The van der Waals surface area contributed by atoms with Gasteiger partial charge in [-0.05, 0) is 49.7 Å². The zero-order chi connectivity index (χ0) is 15.1. The van der Waals surface area contributed by atoms with E-state index in [4.69, 9.17) is 10.2 Å². The van der Waals surface area contributed by atoms with Gasteiger partial charge < -0.3 is 14.7 Å². The zero-order valence-electron chi connectivity index (χ0n) is 13.1. The van der Waals surface area contributed by atoms with Crippen LogP contribution in [0.15, 0.2) is 18.2 Å². The molecular formula is C14H26NO2PSi. The van der Waals surface area contributed by atoms with Gasteiger partial charge in [0.05, 0.1) is 5.69 Å². The van der Waals surface area contributed by atoms with E-state index in [0.29, 0.717) is 11.4 Å². The smallest absolute Gasteiger partial charge is 0.250 e. The molecule has 0 heterocycles. The fraction of sp³-hybridized carbons (Fsp3) is 0.571. The van der Waals surface area contributed by atoms with Crippen molar-refractivity contribution in [1.29, 1.82) is 0 Å². The van der Waals surface area contributed by atoms with Gasteiger partial charge in [-0.3, -0.25) is 0 Å². The molecule has 0 amide bonds. The number of anilines is 1. The van der Waals surface area contributed by atoms with Gasteiger partial charge in [0.15, 0.2) is 0 Å². The molecule has 0 atom stereocenters. The molecule has 0 fully saturated rings. The van der Waals surface area contributed by atoms with Crippen LogP contribution >= 0.6 is 7.14 Å². The van der Waals surface area contributed by atoms with Crippen molar-refractivity contribution in [3.8, 4) is 5.75 Å². The van der Waals surface area contributed by atoms with Crippen LogP contribution in [0.5, 0.6) is 5.75 Å². The molecule has 19 heavy (non-hydrogen) atoms. The van der Waals surface area contributed by atoms with Crippen LogP contribution in [0.25, 0.3) is 0 Å². The number of nitrogens with two attached hydrogens (primary N) is 1. The van der Waals surface area contributed by atoms with Crippen LogP contribution in [0.2, 0.25) is 18.1 Å². The normalized spacial score (nSPS) is 13.4. The zero-order valence-corrected chi connectivity index (χ0v) is 15.0. The first-order valence-corrected chi connectivity index (χ1v) is 12.0. The molecule has 0 aromatic heterocycles. The number of hydrogen-bond acceptors (Lipinski definition) is 3. The summed E-state index contributed by atoms with van der Waals surface area (Å²) in [5, 5.41) is 0.924. The lowest BCUT2D eigenvalue weighted by Gasteiger charge is -2.36. The SMILES string of the molecule is CC(C)(C)[Si](C)(C)Oc1cc(P(C)(C)=O)ccc1N. The minimum atomic E-state index is -2.29. The standard InChI is InChI=1S/C14H26NO2PSi/c1-14(2,3)19(6,7)17-13-10-11(18(4,5)16)8-9-12(13)15/h8-10H,15H2,1-7H3. The van der Waals surface area contributed by atoms with Gasteiger partial charge in [-0.1, -0.05) is 20.8 Å². The van der Waals surface area contributed by atoms with Crippen molar-refractivity contribution in [2.75, 3.05) is 19.1 Å². The Balaban J connectivity index is 3.19. The van der Waals surface area contributed by atoms with Crippen LogP contribution in [0.1, 0.15) is 20.8 Å². The molecule has 1 aromatic rings. The average molecular weight is 299 g/mol. The molecule has 0 saturated carbocycles. The maximum Gasteiger partial charge on any atom is 0.250 e. The highest BCUT2D eigenvalue weighted by Crippen LogP contribution is 2.41. The largest absolute Gasteiger partial charge is 0.542 e. The van der Waals surface area contributed by atoms with Gasteiger partial charge in [0, 0.05) is 5.30 Å². The molecule has 0 saturated heterocycles. The Bertz CT molecular complexity index is 515. The van der Waals surface area contributed by atoms with Crippen molar-refractivity contribution < 1.29 is 8.99 Å². The maximum absolute atomic E-state index is 12.2. The second-order valence-corrected chi connectivity index (χ2v) is 14.9. The number of benzene rings is 1. The fourth-order valence-electron chi connectivity index (χ4n) is 1.37. The van der Waals surface area contributed by atoms with Crippen LogP contribution in [0.4, 0.5) is 5.69 Å². The van der Waals surface area contributed by atoms with E-state index in [2.05, 4.69) is 33.9 Å². The molecule has 0 aliphatic carbocycles. The Morgan fingerprint density at radius 2 is 1.74 bits per heavy atom. The van der Waals surface area contributed by atoms with Crippen LogP contribution in [-0.4, -0.2) is 21.6 Å². The fourth-order valence-corrected chi connectivity index (χ4v) is 3.27. The highest BCUT2D eigenvalue weighted by molar-refractivity contribution is 7.70. The molecule has 108 valence electrons. The summed E-state index contributed by atoms with van der Waals surface area (Å²) in [6, 6.07) is 5.46. The third-order valence-corrected chi connectivity index (χ3v) is 9.65. The first kappa shape index (κ1) is 16.3. The molecule has 1 rings (SSSR count). The van der Waals surface area contributed by atoms with E-state index in [1.54, 1.807) is 19.4 Å². The molecule has 0 radical (unpaired) electrons. The summed E-state index contributed by atoms with van der Waals surface area (Å²) in [6.07, 6.45) is 0. The van der Waals surface area contributed by atoms with Gasteiger partial charge in [0.1, 0.15) is 12.9 Å². The first-order valence-electron chi connectivity index (χ1n) is 6.49. The van der Waals surface area contributed by atoms with Crippen molar-refractivity contribution in [2.45, 2.75) is 38.9 Å². The van der Waals surface area contributed by atoms with Gasteiger partial charge in [-0.2, -0.15) is 0 Å². The molecule has 0 bridgehead atoms. The molecular weight excluding hydrogens is 273 g/mol. The van der Waals surface area contributed by atoms with Crippen molar-refractivity contribution in [3.63, 3.8) is 0 Å². The minimum absolute atomic E-state index is 0.109. The Kier molecular flexibility index (Phi) is 4.28. The topological polar surface area (TPSA) is 52.3 Å². The highest BCUT2D eigenvalue weighted by atomic mass is 31.2. The molecule has 3 nitrogen and oxygen atoms in total. The summed E-state index contributed by atoms with van der Waals surface area (Å²) >= 11 is 0. The van der Waals surface area contributed by atoms with Crippen molar-refractivity contribution in [3.05, 3.63) is 18.2 Å². The number of nitrogen functional groups attached to an aromatic ring is 1. The third kappa shape index (κ3) is 3.87. The molecule has 1 aromatic carbocycles. The Morgan fingerprint density at radius 1 is 1.21 bits per heavy atom. The second-order valence-electron chi connectivity index (χ2n) is 6.94. The summed E-state index contributed by atoms with van der Waals surface area (Å²) in [5.74, 6) is 0.674. The molecule has 0 unspecified atom stereocenters. The quantitative estimate of drug-likeness (QED) is 0.523. The van der Waals surface area contributed by atoms with Crippen molar-refractivity contribution >= 4 is 26.5 Å². The molecule has 2 N–H and O–H groups in total. The lowest BCUT2D eigenvalue weighted by molar-refractivity contribution is 0.494. The first-order chi connectivity index (χ1) is 8.34. The van der Waals surface area contributed by atoms with E-state index in [0.717, 1.165) is 5.30 Å². The lowest BCUT2D eigenvalue weighted by atomic mass is 10.2. The van der Waals surface area contributed by atoms with Gasteiger partial charge in [0.2, 0.25) is 0 Å². The summed E-state index contributed by atoms with van der Waals surface area (Å²) in [4.78, 5) is 0. The van der Waals surface area contributed by atoms with Gasteiger partial charge in [0.25, 0.3) is 8.32 Å².